The van der Waals surface area contributed by atoms with Crippen LogP contribution in [0.1, 0.15) is 19.8 Å². The lowest BCUT2D eigenvalue weighted by molar-refractivity contribution is -0.142. The first-order valence-electron chi connectivity index (χ1n) is 8.07. The van der Waals surface area contributed by atoms with E-state index in [1.807, 2.05) is 0 Å². The molecule has 1 aliphatic carbocycles. The van der Waals surface area contributed by atoms with Gasteiger partial charge in [-0.2, -0.15) is 0 Å². The van der Waals surface area contributed by atoms with E-state index in [9.17, 15) is 9.18 Å². The molecule has 1 aromatic carbocycles. The summed E-state index contributed by atoms with van der Waals surface area (Å²) in [6.45, 7) is 3.03. The molecule has 1 spiro atoms. The predicted octanol–water partition coefficient (Wildman–Crippen LogP) is 3.93. The number of halogens is 2. The summed E-state index contributed by atoms with van der Waals surface area (Å²) in [7, 11) is 0. The Hall–Kier alpha value is -1.28. The summed E-state index contributed by atoms with van der Waals surface area (Å²) in [5.41, 5.74) is 0.785. The third kappa shape index (κ3) is 4.28. The number of hydrogen-bond donors (Lipinski definition) is 1. The van der Waals surface area contributed by atoms with Crippen LogP contribution in [0, 0.1) is 5.82 Å². The zero-order valence-corrected chi connectivity index (χ0v) is 15.3. The molecular weight excluding hydrogens is 369 g/mol. The molecule has 0 bridgehead atoms. The molecule has 5 nitrogen and oxygen atoms in total. The first kappa shape index (κ1) is 18.5. The van der Waals surface area contributed by atoms with Gasteiger partial charge in [0.2, 0.25) is 0 Å². The van der Waals surface area contributed by atoms with Crippen molar-refractivity contribution in [3.8, 4) is 0 Å². The number of esters is 1. The summed E-state index contributed by atoms with van der Waals surface area (Å²) in [6, 6.07) is 4.40. The van der Waals surface area contributed by atoms with Crippen molar-refractivity contribution < 1.29 is 23.4 Å². The lowest BCUT2D eigenvalue weighted by Crippen LogP contribution is -2.36. The molecule has 1 N–H and O–H groups in total. The van der Waals surface area contributed by atoms with Gasteiger partial charge in [0, 0.05) is 11.4 Å². The highest BCUT2D eigenvalue weighted by molar-refractivity contribution is 8.01. The quantitative estimate of drug-likeness (QED) is 0.610. The number of carbonyl (C=O) groups is 1. The molecule has 1 fully saturated rings. The van der Waals surface area contributed by atoms with E-state index >= 15 is 0 Å². The van der Waals surface area contributed by atoms with Gasteiger partial charge in [0.25, 0.3) is 0 Å². The molecule has 0 radical (unpaired) electrons. The van der Waals surface area contributed by atoms with Crippen LogP contribution in [0.25, 0.3) is 0 Å². The van der Waals surface area contributed by atoms with Crippen molar-refractivity contribution in [3.63, 3.8) is 0 Å². The second-order valence-electron chi connectivity index (χ2n) is 5.70. The van der Waals surface area contributed by atoms with E-state index in [2.05, 4.69) is 4.72 Å². The summed E-state index contributed by atoms with van der Waals surface area (Å²) in [6.07, 6.45) is 2.97. The normalized spacial score (nSPS) is 21.9. The summed E-state index contributed by atoms with van der Waals surface area (Å²) in [4.78, 5) is 12.3. The topological polar surface area (TPSA) is 56.8 Å². The Kier molecular flexibility index (Phi) is 5.89. The van der Waals surface area contributed by atoms with E-state index in [-0.39, 0.29) is 11.9 Å². The fraction of sp³-hybridized carbons (Fsp3) is 0.471. The molecule has 3 rings (SSSR count). The summed E-state index contributed by atoms with van der Waals surface area (Å²) in [5.74, 6) is -1.70. The Labute approximate surface area is 155 Å². The molecule has 2 aliphatic rings. The summed E-state index contributed by atoms with van der Waals surface area (Å²) < 4.78 is 33.4. The Morgan fingerprint density at radius 2 is 2.24 bits per heavy atom. The third-order valence-electron chi connectivity index (χ3n) is 4.01. The van der Waals surface area contributed by atoms with Crippen LogP contribution in [0.2, 0.25) is 5.02 Å². The average molecular weight is 388 g/mol. The van der Waals surface area contributed by atoms with Crippen molar-refractivity contribution in [2.75, 3.05) is 24.5 Å². The van der Waals surface area contributed by atoms with Gasteiger partial charge in [-0.25, -0.2) is 9.18 Å². The van der Waals surface area contributed by atoms with E-state index < -0.39 is 17.6 Å². The van der Waals surface area contributed by atoms with Crippen LogP contribution in [0.5, 0.6) is 0 Å². The summed E-state index contributed by atoms with van der Waals surface area (Å²) in [5, 5.41) is 0.128. The second kappa shape index (κ2) is 7.95. The Morgan fingerprint density at radius 1 is 1.48 bits per heavy atom. The molecule has 8 heteroatoms. The molecular formula is C17H19ClFNO4S. The van der Waals surface area contributed by atoms with Crippen LogP contribution in [0.3, 0.4) is 0 Å². The van der Waals surface area contributed by atoms with E-state index in [4.69, 9.17) is 25.8 Å². The number of nitrogens with one attached hydrogen (secondary N) is 1. The van der Waals surface area contributed by atoms with Crippen LogP contribution in [0.4, 0.5) is 10.1 Å². The standard InChI is InChI=1S/C17H19ClFNO4S/c1-2-22-16(21)12-10-17(23-7-8-24-17)6-5-15(12)25-20-14-4-3-11(18)9-13(14)19/h3-4,9-10,15,20H,2,5-8H2,1H3. The van der Waals surface area contributed by atoms with Crippen LogP contribution < -0.4 is 4.72 Å². The van der Waals surface area contributed by atoms with Crippen LogP contribution in [-0.4, -0.2) is 36.8 Å². The number of hydrogen-bond acceptors (Lipinski definition) is 6. The van der Waals surface area contributed by atoms with Crippen molar-refractivity contribution in [3.05, 3.63) is 40.7 Å². The van der Waals surface area contributed by atoms with Crippen LogP contribution in [-0.2, 0) is 19.0 Å². The largest absolute Gasteiger partial charge is 0.463 e. The Morgan fingerprint density at radius 3 is 2.92 bits per heavy atom. The molecule has 0 aromatic heterocycles. The highest BCUT2D eigenvalue weighted by Gasteiger charge is 2.42. The van der Waals surface area contributed by atoms with Gasteiger partial charge in [0.15, 0.2) is 5.79 Å². The minimum absolute atomic E-state index is 0.201. The van der Waals surface area contributed by atoms with Crippen molar-refractivity contribution in [1.82, 2.24) is 0 Å². The van der Waals surface area contributed by atoms with Crippen LogP contribution >= 0.6 is 23.5 Å². The van der Waals surface area contributed by atoms with E-state index in [0.717, 1.165) is 0 Å². The second-order valence-corrected chi connectivity index (χ2v) is 7.15. The first-order valence-corrected chi connectivity index (χ1v) is 9.33. The van der Waals surface area contributed by atoms with Crippen LogP contribution in [0.15, 0.2) is 29.8 Å². The predicted molar refractivity (Wildman–Crippen MR) is 95.0 cm³/mol. The Bertz CT molecular complexity index is 679. The molecule has 1 saturated heterocycles. The zero-order valence-electron chi connectivity index (χ0n) is 13.7. The molecule has 0 saturated carbocycles. The van der Waals surface area contributed by atoms with Gasteiger partial charge in [0.05, 0.1) is 36.3 Å². The third-order valence-corrected chi connectivity index (χ3v) is 5.35. The van der Waals surface area contributed by atoms with Crippen molar-refractivity contribution >= 4 is 35.2 Å². The number of anilines is 1. The minimum atomic E-state index is -0.843. The fourth-order valence-electron chi connectivity index (χ4n) is 2.82. The van der Waals surface area contributed by atoms with Gasteiger partial charge in [-0.15, -0.1) is 0 Å². The smallest absolute Gasteiger partial charge is 0.335 e. The first-order chi connectivity index (χ1) is 12.0. The number of benzene rings is 1. The van der Waals surface area contributed by atoms with Gasteiger partial charge in [-0.05, 0) is 49.6 Å². The lowest BCUT2D eigenvalue weighted by atomic mass is 9.94. The van der Waals surface area contributed by atoms with E-state index in [1.54, 1.807) is 25.1 Å². The number of carbonyl (C=O) groups excluding carboxylic acids is 1. The summed E-state index contributed by atoms with van der Waals surface area (Å²) >= 11 is 7.02. The van der Waals surface area contributed by atoms with Gasteiger partial charge < -0.3 is 18.9 Å². The molecule has 25 heavy (non-hydrogen) atoms. The molecule has 1 heterocycles. The molecule has 0 amide bonds. The van der Waals surface area contributed by atoms with Gasteiger partial charge >= 0.3 is 5.97 Å². The monoisotopic (exact) mass is 387 g/mol. The number of rotatable bonds is 5. The maximum atomic E-state index is 13.9. The van der Waals surface area contributed by atoms with E-state index in [0.29, 0.717) is 42.3 Å². The maximum Gasteiger partial charge on any atom is 0.335 e. The van der Waals surface area contributed by atoms with Gasteiger partial charge in [0.1, 0.15) is 5.82 Å². The van der Waals surface area contributed by atoms with Crippen molar-refractivity contribution in [2.45, 2.75) is 30.8 Å². The highest BCUT2D eigenvalue weighted by atomic mass is 35.5. The molecule has 1 atom stereocenters. The van der Waals surface area contributed by atoms with Crippen molar-refractivity contribution in [2.24, 2.45) is 0 Å². The molecule has 1 unspecified atom stereocenters. The molecule has 1 aliphatic heterocycles. The van der Waals surface area contributed by atoms with E-state index in [1.165, 1.54) is 18.0 Å². The highest BCUT2D eigenvalue weighted by Crippen LogP contribution is 2.39. The Balaban J connectivity index is 1.75. The molecule has 136 valence electrons. The SMILES string of the molecule is CCOC(=O)C1=CC2(CCC1SNc1ccc(Cl)cc1F)OCCO2. The lowest BCUT2D eigenvalue weighted by Gasteiger charge is -2.33. The molecule has 1 aromatic rings. The van der Waals surface area contributed by atoms with Gasteiger partial charge in [-0.1, -0.05) is 11.6 Å². The van der Waals surface area contributed by atoms with Gasteiger partial charge in [-0.3, -0.25) is 0 Å². The number of ether oxygens (including phenoxy) is 3. The average Bonchev–Trinajstić information content (AvgIpc) is 3.03. The van der Waals surface area contributed by atoms with Crippen molar-refractivity contribution in [1.29, 1.82) is 0 Å². The maximum absolute atomic E-state index is 13.9. The fourth-order valence-corrected chi connectivity index (χ4v) is 3.94. The minimum Gasteiger partial charge on any atom is -0.463 e. The zero-order chi connectivity index (χ0) is 17.9.